The van der Waals surface area contributed by atoms with Gasteiger partial charge in [-0.3, -0.25) is 0 Å². The molecule has 0 aliphatic carbocycles. The zero-order valence-electron chi connectivity index (χ0n) is 11.4. The number of rotatable bonds is 9. The average Bonchev–Trinajstić information content (AvgIpc) is 2.38. The second-order valence-electron chi connectivity index (χ2n) is 4.56. The van der Waals surface area contributed by atoms with E-state index in [9.17, 15) is 0 Å². The van der Waals surface area contributed by atoms with Gasteiger partial charge in [0.25, 0.3) is 0 Å². The van der Waals surface area contributed by atoms with E-state index >= 15 is 0 Å². The third kappa shape index (κ3) is 5.85. The van der Waals surface area contributed by atoms with Gasteiger partial charge in [-0.15, -0.1) is 0 Å². The Hall–Kier alpha value is -0.570. The van der Waals surface area contributed by atoms with Gasteiger partial charge in [-0.25, -0.2) is 0 Å². The molecule has 1 atom stereocenters. The van der Waals surface area contributed by atoms with Gasteiger partial charge in [0.1, 0.15) is 0 Å². The van der Waals surface area contributed by atoms with Crippen LogP contribution in [0.2, 0.25) is 5.02 Å². The Balaban J connectivity index is 2.41. The summed E-state index contributed by atoms with van der Waals surface area (Å²) in [5.74, 6) is 0.494. The molecule has 0 aromatic heterocycles. The molecule has 1 aromatic carbocycles. The summed E-state index contributed by atoms with van der Waals surface area (Å²) in [4.78, 5) is 0. The topological polar surface area (TPSA) is 21.3 Å². The first kappa shape index (κ1) is 15.5. The molecule has 18 heavy (non-hydrogen) atoms. The molecule has 1 rings (SSSR count). The highest BCUT2D eigenvalue weighted by molar-refractivity contribution is 6.30. The van der Waals surface area contributed by atoms with Crippen molar-refractivity contribution >= 4 is 11.6 Å². The first-order valence-electron chi connectivity index (χ1n) is 6.75. The highest BCUT2D eigenvalue weighted by Gasteiger charge is 2.10. The molecule has 0 radical (unpaired) electrons. The van der Waals surface area contributed by atoms with Crippen molar-refractivity contribution in [1.82, 2.24) is 5.32 Å². The van der Waals surface area contributed by atoms with E-state index in [1.54, 1.807) is 0 Å². The summed E-state index contributed by atoms with van der Waals surface area (Å²) in [6.45, 7) is 4.86. The van der Waals surface area contributed by atoms with Crippen molar-refractivity contribution < 1.29 is 4.74 Å². The molecule has 0 amide bonds. The fraction of sp³-hybridized carbons (Fsp3) is 0.600. The average molecular weight is 270 g/mol. The van der Waals surface area contributed by atoms with Crippen molar-refractivity contribution in [3.63, 3.8) is 0 Å². The first-order valence-corrected chi connectivity index (χ1v) is 7.13. The highest BCUT2D eigenvalue weighted by atomic mass is 35.5. The van der Waals surface area contributed by atoms with Crippen LogP contribution in [0, 0.1) is 0 Å². The molecule has 1 unspecified atom stereocenters. The van der Waals surface area contributed by atoms with Crippen LogP contribution in [0.15, 0.2) is 24.3 Å². The first-order chi connectivity index (χ1) is 8.77. The van der Waals surface area contributed by atoms with Crippen molar-refractivity contribution in [3.8, 4) is 0 Å². The van der Waals surface area contributed by atoms with E-state index in [0.717, 1.165) is 37.6 Å². The summed E-state index contributed by atoms with van der Waals surface area (Å²) in [5, 5.41) is 4.04. The van der Waals surface area contributed by atoms with Crippen LogP contribution in [-0.4, -0.2) is 26.8 Å². The largest absolute Gasteiger partial charge is 0.381 e. The number of likely N-dealkylation sites (N-methyl/N-ethyl adjacent to an activating group) is 1. The lowest BCUT2D eigenvalue weighted by molar-refractivity contribution is 0.124. The molecule has 3 heteroatoms. The van der Waals surface area contributed by atoms with Crippen molar-refractivity contribution in [2.45, 2.75) is 32.1 Å². The fourth-order valence-electron chi connectivity index (χ4n) is 1.94. The molecule has 0 saturated heterocycles. The summed E-state index contributed by atoms with van der Waals surface area (Å²) in [6, 6.07) is 8.13. The quantitative estimate of drug-likeness (QED) is 0.688. The Kier molecular flexibility index (Phi) is 8.06. The summed E-state index contributed by atoms with van der Waals surface area (Å²) in [5.41, 5.74) is 1.33. The SMILES string of the molecule is CCCCOCCC(CNC)c1ccc(Cl)cc1. The predicted octanol–water partition coefficient (Wildman–Crippen LogP) is 3.85. The molecule has 0 bridgehead atoms. The van der Waals surface area contributed by atoms with E-state index in [-0.39, 0.29) is 0 Å². The lowest BCUT2D eigenvalue weighted by Crippen LogP contribution is -2.18. The van der Waals surface area contributed by atoms with Crippen LogP contribution in [0.25, 0.3) is 0 Å². The fourth-order valence-corrected chi connectivity index (χ4v) is 2.07. The number of unbranched alkanes of at least 4 members (excludes halogenated alkanes) is 1. The maximum Gasteiger partial charge on any atom is 0.0472 e. The standard InChI is InChI=1S/C15H24ClNO/c1-3-4-10-18-11-9-14(12-17-2)13-5-7-15(16)8-6-13/h5-8,14,17H,3-4,9-12H2,1-2H3. The van der Waals surface area contributed by atoms with Gasteiger partial charge < -0.3 is 10.1 Å². The van der Waals surface area contributed by atoms with Gasteiger partial charge in [0.05, 0.1) is 0 Å². The minimum absolute atomic E-state index is 0.494. The molecule has 0 spiro atoms. The van der Waals surface area contributed by atoms with Crippen LogP contribution in [-0.2, 0) is 4.74 Å². The molecule has 2 nitrogen and oxygen atoms in total. The van der Waals surface area contributed by atoms with Crippen LogP contribution in [0.5, 0.6) is 0 Å². The summed E-state index contributed by atoms with van der Waals surface area (Å²) in [7, 11) is 1.99. The van der Waals surface area contributed by atoms with Gasteiger partial charge in [0.2, 0.25) is 0 Å². The lowest BCUT2D eigenvalue weighted by atomic mass is 9.96. The van der Waals surface area contributed by atoms with Crippen molar-refractivity contribution in [3.05, 3.63) is 34.9 Å². The molecule has 1 aromatic rings. The number of benzene rings is 1. The second kappa shape index (κ2) is 9.37. The minimum atomic E-state index is 0.494. The number of ether oxygens (including phenoxy) is 1. The number of halogens is 1. The summed E-state index contributed by atoms with van der Waals surface area (Å²) < 4.78 is 5.64. The van der Waals surface area contributed by atoms with E-state index in [1.165, 1.54) is 12.0 Å². The van der Waals surface area contributed by atoms with Crippen LogP contribution in [0.4, 0.5) is 0 Å². The normalized spacial score (nSPS) is 12.6. The molecule has 0 aliphatic heterocycles. The van der Waals surface area contributed by atoms with E-state index in [2.05, 4.69) is 24.4 Å². The molecule has 0 aliphatic rings. The third-order valence-corrected chi connectivity index (χ3v) is 3.30. The van der Waals surface area contributed by atoms with Gasteiger partial charge in [-0.2, -0.15) is 0 Å². The highest BCUT2D eigenvalue weighted by Crippen LogP contribution is 2.21. The van der Waals surface area contributed by atoms with Gasteiger partial charge >= 0.3 is 0 Å². The monoisotopic (exact) mass is 269 g/mol. The van der Waals surface area contributed by atoms with Crippen LogP contribution in [0.1, 0.15) is 37.7 Å². The third-order valence-electron chi connectivity index (χ3n) is 3.04. The molecule has 1 N–H and O–H groups in total. The Morgan fingerprint density at radius 2 is 1.94 bits per heavy atom. The summed E-state index contributed by atoms with van der Waals surface area (Å²) in [6.07, 6.45) is 3.39. The Labute approximate surface area is 116 Å². The van der Waals surface area contributed by atoms with E-state index in [4.69, 9.17) is 16.3 Å². The zero-order chi connectivity index (χ0) is 13.2. The van der Waals surface area contributed by atoms with Crippen molar-refractivity contribution in [2.75, 3.05) is 26.8 Å². The minimum Gasteiger partial charge on any atom is -0.381 e. The van der Waals surface area contributed by atoms with Gasteiger partial charge in [-0.05, 0) is 43.5 Å². The maximum absolute atomic E-state index is 5.91. The van der Waals surface area contributed by atoms with E-state index < -0.39 is 0 Å². The molecule has 0 fully saturated rings. The predicted molar refractivity (Wildman–Crippen MR) is 78.5 cm³/mol. The molecule has 0 saturated carbocycles. The number of nitrogens with one attached hydrogen (secondary N) is 1. The van der Waals surface area contributed by atoms with Gasteiger partial charge in [0.15, 0.2) is 0 Å². The molecular weight excluding hydrogens is 246 g/mol. The summed E-state index contributed by atoms with van der Waals surface area (Å²) >= 11 is 5.91. The second-order valence-corrected chi connectivity index (χ2v) is 5.00. The van der Waals surface area contributed by atoms with Crippen molar-refractivity contribution in [1.29, 1.82) is 0 Å². The van der Waals surface area contributed by atoms with Crippen LogP contribution in [0.3, 0.4) is 0 Å². The van der Waals surface area contributed by atoms with E-state index in [1.807, 2.05) is 19.2 Å². The number of hydrogen-bond donors (Lipinski definition) is 1. The van der Waals surface area contributed by atoms with Gasteiger partial charge in [-0.1, -0.05) is 37.1 Å². The van der Waals surface area contributed by atoms with E-state index in [0.29, 0.717) is 5.92 Å². The number of hydrogen-bond acceptors (Lipinski definition) is 2. The smallest absolute Gasteiger partial charge is 0.0472 e. The van der Waals surface area contributed by atoms with Gasteiger partial charge in [0, 0.05) is 24.8 Å². The zero-order valence-corrected chi connectivity index (χ0v) is 12.2. The maximum atomic E-state index is 5.91. The van der Waals surface area contributed by atoms with Crippen LogP contribution < -0.4 is 5.32 Å². The van der Waals surface area contributed by atoms with Crippen LogP contribution >= 0.6 is 11.6 Å². The molecular formula is C15H24ClNO. The Morgan fingerprint density at radius 1 is 1.22 bits per heavy atom. The Bertz CT molecular complexity index is 313. The lowest BCUT2D eigenvalue weighted by Gasteiger charge is -2.17. The Morgan fingerprint density at radius 3 is 2.56 bits per heavy atom. The molecule has 0 heterocycles. The van der Waals surface area contributed by atoms with Crippen molar-refractivity contribution in [2.24, 2.45) is 0 Å². The molecule has 102 valence electrons.